The van der Waals surface area contributed by atoms with Crippen LogP contribution in [0.4, 0.5) is 5.13 Å². The van der Waals surface area contributed by atoms with Gasteiger partial charge in [0, 0.05) is 6.20 Å². The molecule has 0 saturated carbocycles. The van der Waals surface area contributed by atoms with Gasteiger partial charge in [-0.3, -0.25) is 5.43 Å². The topological polar surface area (TPSA) is 60.2 Å². The van der Waals surface area contributed by atoms with Crippen molar-refractivity contribution in [3.63, 3.8) is 0 Å². The normalized spacial score (nSPS) is 10.8. The molecule has 0 radical (unpaired) electrons. The number of nitrogens with two attached hydrogens (primary N) is 1. The highest BCUT2D eigenvalue weighted by atomic mass is 32.1. The average Bonchev–Trinajstić information content (AvgIpc) is 2.84. The Morgan fingerprint density at radius 1 is 1.42 bits per heavy atom. The summed E-state index contributed by atoms with van der Waals surface area (Å²) in [6.45, 7) is 7.02. The summed E-state index contributed by atoms with van der Waals surface area (Å²) in [6, 6.07) is 6.23. The highest BCUT2D eigenvalue weighted by Crippen LogP contribution is 2.25. The van der Waals surface area contributed by atoms with Gasteiger partial charge in [0.1, 0.15) is 12.4 Å². The second kappa shape index (κ2) is 6.04. The first-order valence-electron chi connectivity index (χ1n) is 6.25. The van der Waals surface area contributed by atoms with Gasteiger partial charge in [0.2, 0.25) is 0 Å². The Kier molecular flexibility index (Phi) is 4.39. The number of hydrogen-bond acceptors (Lipinski definition) is 5. The Morgan fingerprint density at radius 2 is 2.21 bits per heavy atom. The fourth-order valence-electron chi connectivity index (χ4n) is 1.98. The lowest BCUT2D eigenvalue weighted by Crippen LogP contribution is -2.05. The predicted octanol–water partition coefficient (Wildman–Crippen LogP) is 3.44. The van der Waals surface area contributed by atoms with Crippen LogP contribution < -0.4 is 16.0 Å². The van der Waals surface area contributed by atoms with Crippen molar-refractivity contribution in [1.29, 1.82) is 0 Å². The van der Waals surface area contributed by atoms with E-state index in [9.17, 15) is 0 Å². The Hall–Kier alpha value is -1.59. The van der Waals surface area contributed by atoms with E-state index in [1.54, 1.807) is 6.20 Å². The summed E-state index contributed by atoms with van der Waals surface area (Å²) in [5.41, 5.74) is 5.15. The number of rotatable bonds is 5. The Balaban J connectivity index is 2.01. The summed E-state index contributed by atoms with van der Waals surface area (Å²) in [7, 11) is 0. The monoisotopic (exact) mass is 277 g/mol. The molecule has 0 unspecified atom stereocenters. The summed E-state index contributed by atoms with van der Waals surface area (Å²) in [5.74, 6) is 6.71. The molecular formula is C14H19N3OS. The zero-order chi connectivity index (χ0) is 13.8. The minimum absolute atomic E-state index is 0.514. The van der Waals surface area contributed by atoms with Crippen molar-refractivity contribution in [2.45, 2.75) is 33.3 Å². The van der Waals surface area contributed by atoms with Gasteiger partial charge in [-0.25, -0.2) is 10.8 Å². The molecule has 19 heavy (non-hydrogen) atoms. The zero-order valence-electron chi connectivity index (χ0n) is 11.4. The SMILES string of the molecule is Cc1cc(OCc2cnc(NN)s2)ccc1C(C)C. The number of hydrazine groups is 1. The molecule has 0 aliphatic rings. The van der Waals surface area contributed by atoms with Crippen LogP contribution in [-0.4, -0.2) is 4.98 Å². The Labute approximate surface area is 117 Å². The number of anilines is 1. The molecule has 0 bridgehead atoms. The lowest BCUT2D eigenvalue weighted by Gasteiger charge is -2.12. The number of nitrogens with zero attached hydrogens (tertiary/aromatic N) is 1. The molecule has 0 amide bonds. The van der Waals surface area contributed by atoms with Gasteiger partial charge in [0.15, 0.2) is 5.13 Å². The third-order valence-electron chi connectivity index (χ3n) is 2.92. The number of aromatic nitrogens is 1. The maximum Gasteiger partial charge on any atom is 0.197 e. The van der Waals surface area contributed by atoms with Gasteiger partial charge < -0.3 is 4.74 Å². The van der Waals surface area contributed by atoms with Crippen LogP contribution in [-0.2, 0) is 6.61 Å². The molecule has 3 N–H and O–H groups in total. The number of thiazole rings is 1. The number of ether oxygens (including phenoxy) is 1. The van der Waals surface area contributed by atoms with E-state index in [4.69, 9.17) is 10.6 Å². The standard InChI is InChI=1S/C14H19N3OS/c1-9(2)13-5-4-11(6-10(13)3)18-8-12-7-16-14(17-15)19-12/h4-7,9H,8,15H2,1-3H3,(H,16,17). The van der Waals surface area contributed by atoms with E-state index in [0.29, 0.717) is 17.7 Å². The maximum absolute atomic E-state index is 5.77. The molecule has 1 aromatic heterocycles. The highest BCUT2D eigenvalue weighted by molar-refractivity contribution is 7.15. The van der Waals surface area contributed by atoms with Crippen molar-refractivity contribution in [2.24, 2.45) is 5.84 Å². The zero-order valence-corrected chi connectivity index (χ0v) is 12.3. The molecule has 4 nitrogen and oxygen atoms in total. The smallest absolute Gasteiger partial charge is 0.197 e. The van der Waals surface area contributed by atoms with Gasteiger partial charge in [0.25, 0.3) is 0 Å². The van der Waals surface area contributed by atoms with Crippen molar-refractivity contribution in [3.8, 4) is 5.75 Å². The van der Waals surface area contributed by atoms with E-state index < -0.39 is 0 Å². The van der Waals surface area contributed by atoms with Gasteiger partial charge in [-0.1, -0.05) is 31.3 Å². The van der Waals surface area contributed by atoms with Crippen molar-refractivity contribution in [3.05, 3.63) is 40.4 Å². The first-order chi connectivity index (χ1) is 9.10. The number of benzene rings is 1. The number of hydrogen-bond donors (Lipinski definition) is 2. The van der Waals surface area contributed by atoms with Crippen molar-refractivity contribution in [2.75, 3.05) is 5.43 Å². The molecular weight excluding hydrogens is 258 g/mol. The molecule has 0 atom stereocenters. The van der Waals surface area contributed by atoms with Crippen LogP contribution in [0.5, 0.6) is 5.75 Å². The molecule has 5 heteroatoms. The predicted molar refractivity (Wildman–Crippen MR) is 79.5 cm³/mol. The molecule has 0 saturated heterocycles. The summed E-state index contributed by atoms with van der Waals surface area (Å²) in [4.78, 5) is 5.14. The quantitative estimate of drug-likeness (QED) is 0.649. The molecule has 1 aromatic carbocycles. The largest absolute Gasteiger partial charge is 0.488 e. The van der Waals surface area contributed by atoms with E-state index in [1.807, 2.05) is 6.07 Å². The Bertz CT molecular complexity index is 551. The van der Waals surface area contributed by atoms with Gasteiger partial charge >= 0.3 is 0 Å². The number of aryl methyl sites for hydroxylation is 1. The molecule has 0 aliphatic heterocycles. The maximum atomic E-state index is 5.77. The molecule has 0 spiro atoms. The third kappa shape index (κ3) is 3.45. The lowest BCUT2D eigenvalue weighted by molar-refractivity contribution is 0.309. The van der Waals surface area contributed by atoms with E-state index in [1.165, 1.54) is 22.5 Å². The van der Waals surface area contributed by atoms with Crippen molar-refractivity contribution >= 4 is 16.5 Å². The van der Waals surface area contributed by atoms with Gasteiger partial charge in [-0.15, -0.1) is 0 Å². The highest BCUT2D eigenvalue weighted by Gasteiger charge is 2.06. The van der Waals surface area contributed by atoms with Crippen LogP contribution in [0, 0.1) is 6.92 Å². The van der Waals surface area contributed by atoms with Crippen LogP contribution in [0.1, 0.15) is 35.8 Å². The second-order valence-corrected chi connectivity index (χ2v) is 5.85. The average molecular weight is 277 g/mol. The summed E-state index contributed by atoms with van der Waals surface area (Å²) in [5, 5.41) is 0.699. The molecule has 102 valence electrons. The van der Waals surface area contributed by atoms with Gasteiger partial charge in [-0.05, 0) is 36.1 Å². The van der Waals surface area contributed by atoms with Crippen LogP contribution >= 0.6 is 11.3 Å². The fraction of sp³-hybridized carbons (Fsp3) is 0.357. The minimum atomic E-state index is 0.514. The first-order valence-corrected chi connectivity index (χ1v) is 7.06. The van der Waals surface area contributed by atoms with E-state index in [2.05, 4.69) is 43.3 Å². The lowest BCUT2D eigenvalue weighted by atomic mass is 9.98. The van der Waals surface area contributed by atoms with Crippen LogP contribution in [0.15, 0.2) is 24.4 Å². The number of nitrogens with one attached hydrogen (secondary N) is 1. The van der Waals surface area contributed by atoms with E-state index in [-0.39, 0.29) is 0 Å². The van der Waals surface area contributed by atoms with Crippen molar-refractivity contribution < 1.29 is 4.74 Å². The van der Waals surface area contributed by atoms with Crippen LogP contribution in [0.3, 0.4) is 0 Å². The second-order valence-electron chi connectivity index (χ2n) is 4.74. The Morgan fingerprint density at radius 3 is 2.79 bits per heavy atom. The fourth-order valence-corrected chi connectivity index (χ4v) is 2.62. The van der Waals surface area contributed by atoms with Crippen LogP contribution in [0.25, 0.3) is 0 Å². The van der Waals surface area contributed by atoms with Gasteiger partial charge in [-0.2, -0.15) is 0 Å². The molecule has 2 aromatic rings. The van der Waals surface area contributed by atoms with Gasteiger partial charge in [0.05, 0.1) is 4.88 Å². The number of nitrogen functional groups attached to an aromatic ring is 1. The minimum Gasteiger partial charge on any atom is -0.488 e. The third-order valence-corrected chi connectivity index (χ3v) is 3.82. The molecule has 1 heterocycles. The first kappa shape index (κ1) is 13.8. The van der Waals surface area contributed by atoms with Crippen molar-refractivity contribution in [1.82, 2.24) is 4.98 Å². The van der Waals surface area contributed by atoms with Crippen LogP contribution in [0.2, 0.25) is 0 Å². The molecule has 0 aliphatic carbocycles. The summed E-state index contributed by atoms with van der Waals surface area (Å²) in [6.07, 6.45) is 1.77. The molecule has 2 rings (SSSR count). The van der Waals surface area contributed by atoms with E-state index >= 15 is 0 Å². The summed E-state index contributed by atoms with van der Waals surface area (Å²) < 4.78 is 5.77. The van der Waals surface area contributed by atoms with E-state index in [0.717, 1.165) is 10.6 Å². The molecule has 0 fully saturated rings. The summed E-state index contributed by atoms with van der Waals surface area (Å²) >= 11 is 1.49.